The molecule has 1 aromatic heterocycles. The van der Waals surface area contributed by atoms with Crippen LogP contribution >= 0.6 is 35.0 Å². The van der Waals surface area contributed by atoms with Crippen molar-refractivity contribution in [2.45, 2.75) is 43.0 Å². The molecule has 3 unspecified atom stereocenters. The van der Waals surface area contributed by atoms with Crippen LogP contribution in [0.5, 0.6) is 0 Å². The number of halogens is 2. The Kier molecular flexibility index (Phi) is 6.78. The second-order valence-electron chi connectivity index (χ2n) is 7.54. The minimum absolute atomic E-state index is 0. The maximum atomic E-state index is 13.0. The number of aromatic nitrogens is 1. The van der Waals surface area contributed by atoms with Gasteiger partial charge in [0.15, 0.2) is 6.04 Å². The molecule has 4 rings (SSSR count). The van der Waals surface area contributed by atoms with Crippen LogP contribution in [0.25, 0.3) is 11.3 Å². The zero-order valence-electron chi connectivity index (χ0n) is 17.1. The van der Waals surface area contributed by atoms with E-state index in [-0.39, 0.29) is 56.6 Å². The third-order valence-electron chi connectivity index (χ3n) is 5.18. The molecule has 0 spiro atoms. The molecule has 3 atom stereocenters. The number of benzene rings is 1. The predicted octanol–water partition coefficient (Wildman–Crippen LogP) is -0.417. The van der Waals surface area contributed by atoms with E-state index in [1.807, 2.05) is 0 Å². The maximum Gasteiger partial charge on any atom is 1.00 e. The summed E-state index contributed by atoms with van der Waals surface area (Å²) >= 11 is 13.8. The summed E-state index contributed by atoms with van der Waals surface area (Å²) < 4.78 is 4.48. The van der Waals surface area contributed by atoms with Gasteiger partial charge < -0.3 is 19.6 Å². The monoisotopic (exact) mass is 491 g/mol. The Labute approximate surface area is 214 Å². The number of carbonyl (C=O) groups excluding carboxylic acids is 1. The molecule has 2 aliphatic heterocycles. The molecule has 1 N–H and O–H groups in total. The summed E-state index contributed by atoms with van der Waals surface area (Å²) in [6, 6.07) is 2.92. The number of carboxylic acids is 1. The molecule has 0 saturated carbocycles. The number of aliphatic carboxylic acids is 1. The smallest absolute Gasteiger partial charge is 0.858 e. The Morgan fingerprint density at radius 2 is 1.97 bits per heavy atom. The fourth-order valence-electron chi connectivity index (χ4n) is 3.82. The van der Waals surface area contributed by atoms with Crippen LogP contribution in [0.3, 0.4) is 0 Å². The second kappa shape index (κ2) is 8.61. The Morgan fingerprint density at radius 3 is 2.55 bits per heavy atom. The van der Waals surface area contributed by atoms with Crippen LogP contribution in [0.1, 0.15) is 25.2 Å². The number of β-lactam (4-membered cyclic amide) rings is 1. The first-order valence-electron chi connectivity index (χ1n) is 8.93. The zero-order chi connectivity index (χ0) is 22.0. The number of carboxylic acid groups (broad SMARTS) is 1. The molecule has 2 fully saturated rings. The fourth-order valence-corrected chi connectivity index (χ4v) is 6.01. The summed E-state index contributed by atoms with van der Waals surface area (Å²) in [6.07, 6.45) is 0. The number of hydrogen-bond donors (Lipinski definition) is 1. The number of carbonyl (C=O) groups is 2. The van der Waals surface area contributed by atoms with Crippen molar-refractivity contribution in [2.24, 2.45) is 4.99 Å². The number of hydrogen-bond acceptors (Lipinski definition) is 7. The third kappa shape index (κ3) is 3.89. The fraction of sp³-hybridized carbons (Fsp3) is 0.368. The molecule has 3 heterocycles. The number of amides is 1. The number of aryl methyl sites for hydroxylation is 1. The molecular formula is C19H16Cl2N3NaO5S. The van der Waals surface area contributed by atoms with E-state index in [1.165, 1.54) is 16.7 Å². The standard InChI is InChI=1S/C19H17Cl2N3O5S.Na/c1-7-10(12(23-29-7)11-8(20)5-4-6-9(11)21)15(25)22-13-16(26)24-14(18(27)28)19(2,3)30-17(13)24;/h4-6,13-14,17H,1-3H3,(H,22,25)(H,27,28);/q;+1/p-1. The normalized spacial score (nSPS) is 24.4. The van der Waals surface area contributed by atoms with Crippen molar-refractivity contribution in [3.05, 3.63) is 39.6 Å². The molecule has 2 saturated heterocycles. The minimum atomic E-state index is -1.08. The maximum absolute atomic E-state index is 13.0. The Morgan fingerprint density at radius 1 is 1.35 bits per heavy atom. The Bertz CT molecular complexity index is 1090. The van der Waals surface area contributed by atoms with E-state index in [0.717, 1.165) is 0 Å². The van der Waals surface area contributed by atoms with Gasteiger partial charge in [0.05, 0.1) is 15.6 Å². The van der Waals surface area contributed by atoms with Gasteiger partial charge in [-0.05, 0) is 38.8 Å². The summed E-state index contributed by atoms with van der Waals surface area (Å²) in [5.41, 5.74) is 0.539. The van der Waals surface area contributed by atoms with Gasteiger partial charge in [-0.25, -0.2) is 4.79 Å². The average molecular weight is 492 g/mol. The summed E-state index contributed by atoms with van der Waals surface area (Å²) in [5.74, 6) is -2.07. The number of fused-ring (bicyclic) bond motifs is 1. The molecule has 0 bridgehead atoms. The van der Waals surface area contributed by atoms with Gasteiger partial charge in [-0.15, -0.1) is 11.8 Å². The van der Waals surface area contributed by atoms with E-state index >= 15 is 0 Å². The third-order valence-corrected chi connectivity index (χ3v) is 7.37. The van der Waals surface area contributed by atoms with E-state index in [2.05, 4.69) is 10.1 Å². The summed E-state index contributed by atoms with van der Waals surface area (Å²) in [5, 5.41) is 26.5. The van der Waals surface area contributed by atoms with E-state index in [0.29, 0.717) is 5.56 Å². The van der Waals surface area contributed by atoms with Crippen LogP contribution in [-0.4, -0.2) is 55.1 Å². The first kappa shape index (κ1) is 24.4. The largest absolute Gasteiger partial charge is 1.00 e. The number of aliphatic imine (C=N–C) groups is 1. The van der Waals surface area contributed by atoms with Gasteiger partial charge in [-0.2, -0.15) is 0 Å². The van der Waals surface area contributed by atoms with Gasteiger partial charge >= 0.3 is 35.5 Å². The van der Waals surface area contributed by atoms with Crippen molar-refractivity contribution in [1.82, 2.24) is 10.1 Å². The average Bonchev–Trinajstić information content (AvgIpc) is 3.14. The van der Waals surface area contributed by atoms with Crippen LogP contribution in [0.2, 0.25) is 10.0 Å². The van der Waals surface area contributed by atoms with Crippen molar-refractivity contribution in [3.8, 4) is 11.3 Å². The Hall–Kier alpha value is -1.23. The van der Waals surface area contributed by atoms with Crippen molar-refractivity contribution in [1.29, 1.82) is 0 Å². The van der Waals surface area contributed by atoms with Crippen molar-refractivity contribution < 1.29 is 53.9 Å². The number of nitrogens with zero attached hydrogens (tertiary/aromatic N) is 3. The molecule has 2 aliphatic rings. The van der Waals surface area contributed by atoms with E-state index in [4.69, 9.17) is 27.7 Å². The van der Waals surface area contributed by atoms with Crippen LogP contribution in [0.15, 0.2) is 27.7 Å². The summed E-state index contributed by atoms with van der Waals surface area (Å²) in [4.78, 5) is 29.6. The molecule has 1 amide bonds. The summed E-state index contributed by atoms with van der Waals surface area (Å²) in [7, 11) is 0. The van der Waals surface area contributed by atoms with Gasteiger partial charge in [-0.1, -0.05) is 34.4 Å². The summed E-state index contributed by atoms with van der Waals surface area (Å²) in [6.45, 7) is 5.05. The molecule has 12 heteroatoms. The van der Waals surface area contributed by atoms with Crippen LogP contribution < -0.4 is 34.7 Å². The van der Waals surface area contributed by atoms with Crippen molar-refractivity contribution in [2.75, 3.05) is 0 Å². The van der Waals surface area contributed by atoms with Gasteiger partial charge in [-0.3, -0.25) is 9.79 Å². The van der Waals surface area contributed by atoms with Crippen molar-refractivity contribution in [3.63, 3.8) is 0 Å². The van der Waals surface area contributed by atoms with E-state index < -0.39 is 40.0 Å². The quantitative estimate of drug-likeness (QED) is 0.267. The molecule has 2 aromatic rings. The molecule has 1 aromatic carbocycles. The predicted molar refractivity (Wildman–Crippen MR) is 111 cm³/mol. The number of thioether (sulfide) groups is 1. The van der Waals surface area contributed by atoms with Gasteiger partial charge in [0.2, 0.25) is 0 Å². The Balaban J connectivity index is 0.00000272. The van der Waals surface area contributed by atoms with Crippen LogP contribution in [-0.2, 0) is 9.59 Å². The van der Waals surface area contributed by atoms with E-state index in [9.17, 15) is 19.8 Å². The second-order valence-corrected chi connectivity index (χ2v) is 10.1. The molecule has 0 radical (unpaired) electrons. The molecule has 8 nitrogen and oxygen atoms in total. The van der Waals surface area contributed by atoms with Gasteiger partial charge in [0.25, 0.3) is 5.91 Å². The topological polar surface area (TPSA) is 119 Å². The zero-order valence-corrected chi connectivity index (χ0v) is 21.4. The van der Waals surface area contributed by atoms with E-state index in [1.54, 1.807) is 39.0 Å². The SMILES string of the molecule is Cc1onc(-c2c(Cl)cccc2Cl)c1C([O-])=NC1C(=O)N2C1SC(C)(C)C2C(=O)O.[Na+]. The van der Waals surface area contributed by atoms with Gasteiger partial charge in [0, 0.05) is 10.3 Å². The molecule has 0 aliphatic carbocycles. The van der Waals surface area contributed by atoms with Crippen LogP contribution in [0.4, 0.5) is 0 Å². The van der Waals surface area contributed by atoms with Crippen molar-refractivity contribution >= 4 is 52.7 Å². The molecule has 31 heavy (non-hydrogen) atoms. The van der Waals surface area contributed by atoms with Crippen LogP contribution in [0, 0.1) is 6.92 Å². The molecule has 158 valence electrons. The first-order valence-corrected chi connectivity index (χ1v) is 10.6. The number of rotatable bonds is 4. The van der Waals surface area contributed by atoms with Gasteiger partial charge in [0.1, 0.15) is 22.9 Å². The first-order chi connectivity index (χ1) is 14.0. The minimum Gasteiger partial charge on any atom is -0.858 e. The molecular weight excluding hydrogens is 476 g/mol.